The van der Waals surface area contributed by atoms with Crippen molar-refractivity contribution in [3.8, 4) is 11.5 Å². The number of benzene rings is 2. The standard InChI is InChI=1S/C21H28N4O2.HI/c1-22-21(23-12-16-7-6-8-17(11-16)14-25(2)3)24-13-18-15-26-19-9-4-5-10-20(19)27-18;/h4-11,18H,12-15H2,1-3H3,(H2,22,23,24);1H. The van der Waals surface area contributed by atoms with Crippen molar-refractivity contribution in [2.75, 3.05) is 34.3 Å². The highest BCUT2D eigenvalue weighted by molar-refractivity contribution is 14.0. The summed E-state index contributed by atoms with van der Waals surface area (Å²) in [6.07, 6.45) is -0.0538. The molecule has 1 atom stereocenters. The average Bonchev–Trinajstić information content (AvgIpc) is 2.68. The molecular formula is C21H29IN4O2. The van der Waals surface area contributed by atoms with Crippen molar-refractivity contribution in [3.63, 3.8) is 0 Å². The van der Waals surface area contributed by atoms with Crippen LogP contribution in [-0.2, 0) is 13.1 Å². The summed E-state index contributed by atoms with van der Waals surface area (Å²) in [5.74, 6) is 2.33. The van der Waals surface area contributed by atoms with E-state index in [1.165, 1.54) is 11.1 Å². The van der Waals surface area contributed by atoms with Crippen LogP contribution >= 0.6 is 24.0 Å². The summed E-state index contributed by atoms with van der Waals surface area (Å²) in [6.45, 7) is 2.79. The maximum absolute atomic E-state index is 5.97. The number of halogens is 1. The lowest BCUT2D eigenvalue weighted by atomic mass is 10.1. The summed E-state index contributed by atoms with van der Waals surface area (Å²) in [5.41, 5.74) is 2.53. The Kier molecular flexibility index (Phi) is 8.85. The molecule has 0 bridgehead atoms. The minimum absolute atomic E-state index is 0. The van der Waals surface area contributed by atoms with E-state index in [9.17, 15) is 0 Å². The average molecular weight is 496 g/mol. The van der Waals surface area contributed by atoms with Gasteiger partial charge in [-0.2, -0.15) is 0 Å². The highest BCUT2D eigenvalue weighted by Crippen LogP contribution is 2.30. The fraction of sp³-hybridized carbons (Fsp3) is 0.381. The number of ether oxygens (including phenoxy) is 2. The number of fused-ring (bicyclic) bond motifs is 1. The lowest BCUT2D eigenvalue weighted by molar-refractivity contribution is 0.0936. The molecule has 28 heavy (non-hydrogen) atoms. The van der Waals surface area contributed by atoms with Gasteiger partial charge >= 0.3 is 0 Å². The molecule has 1 heterocycles. The Morgan fingerprint density at radius 3 is 2.57 bits per heavy atom. The predicted molar refractivity (Wildman–Crippen MR) is 124 cm³/mol. The Balaban J connectivity index is 0.00000280. The monoisotopic (exact) mass is 496 g/mol. The Morgan fingerprint density at radius 2 is 1.82 bits per heavy atom. The molecule has 6 nitrogen and oxygen atoms in total. The molecule has 0 amide bonds. The minimum atomic E-state index is -0.0538. The molecule has 7 heteroatoms. The van der Waals surface area contributed by atoms with Crippen molar-refractivity contribution in [1.82, 2.24) is 15.5 Å². The fourth-order valence-corrected chi connectivity index (χ4v) is 2.98. The van der Waals surface area contributed by atoms with Crippen molar-refractivity contribution < 1.29 is 9.47 Å². The highest BCUT2D eigenvalue weighted by Gasteiger charge is 2.20. The van der Waals surface area contributed by atoms with Gasteiger partial charge in [0.15, 0.2) is 17.5 Å². The van der Waals surface area contributed by atoms with Gasteiger partial charge in [0.2, 0.25) is 0 Å². The number of guanidine groups is 1. The first-order chi connectivity index (χ1) is 13.1. The van der Waals surface area contributed by atoms with Gasteiger partial charge in [-0.3, -0.25) is 4.99 Å². The zero-order valence-electron chi connectivity index (χ0n) is 16.6. The van der Waals surface area contributed by atoms with Gasteiger partial charge in [-0.05, 0) is 37.4 Å². The Morgan fingerprint density at radius 1 is 1.07 bits per heavy atom. The van der Waals surface area contributed by atoms with E-state index in [0.717, 1.165) is 24.0 Å². The van der Waals surface area contributed by atoms with Gasteiger partial charge in [-0.15, -0.1) is 24.0 Å². The summed E-state index contributed by atoms with van der Waals surface area (Å²) >= 11 is 0. The Hall–Kier alpha value is -2.00. The van der Waals surface area contributed by atoms with Gasteiger partial charge in [-0.25, -0.2) is 0 Å². The molecule has 1 unspecified atom stereocenters. The largest absolute Gasteiger partial charge is 0.486 e. The summed E-state index contributed by atoms with van der Waals surface area (Å²) in [5, 5.41) is 6.67. The van der Waals surface area contributed by atoms with Crippen molar-refractivity contribution >= 4 is 29.9 Å². The van der Waals surface area contributed by atoms with E-state index in [2.05, 4.69) is 58.9 Å². The molecule has 2 N–H and O–H groups in total. The molecule has 152 valence electrons. The molecule has 0 aromatic heterocycles. The minimum Gasteiger partial charge on any atom is -0.486 e. The van der Waals surface area contributed by atoms with Gasteiger partial charge in [0.1, 0.15) is 12.7 Å². The van der Waals surface area contributed by atoms with E-state index in [1.54, 1.807) is 7.05 Å². The molecule has 3 rings (SSSR count). The topological polar surface area (TPSA) is 58.1 Å². The van der Waals surface area contributed by atoms with Crippen LogP contribution < -0.4 is 20.1 Å². The first-order valence-electron chi connectivity index (χ1n) is 9.19. The third-order valence-electron chi connectivity index (χ3n) is 4.24. The van der Waals surface area contributed by atoms with Crippen molar-refractivity contribution in [1.29, 1.82) is 0 Å². The van der Waals surface area contributed by atoms with Crippen LogP contribution in [0.4, 0.5) is 0 Å². The fourth-order valence-electron chi connectivity index (χ4n) is 2.98. The molecule has 0 fully saturated rings. The second-order valence-corrected chi connectivity index (χ2v) is 6.86. The van der Waals surface area contributed by atoms with Crippen LogP contribution in [0.15, 0.2) is 53.5 Å². The first-order valence-corrected chi connectivity index (χ1v) is 9.19. The first kappa shape index (κ1) is 22.3. The van der Waals surface area contributed by atoms with Gasteiger partial charge in [0, 0.05) is 20.1 Å². The van der Waals surface area contributed by atoms with Gasteiger partial charge < -0.3 is 25.0 Å². The van der Waals surface area contributed by atoms with Crippen molar-refractivity contribution in [3.05, 3.63) is 59.7 Å². The summed E-state index contributed by atoms with van der Waals surface area (Å²) in [6, 6.07) is 16.3. The number of nitrogens with one attached hydrogen (secondary N) is 2. The number of hydrogen-bond acceptors (Lipinski definition) is 4. The van der Waals surface area contributed by atoms with Crippen molar-refractivity contribution in [2.45, 2.75) is 19.2 Å². The summed E-state index contributed by atoms with van der Waals surface area (Å²) in [7, 11) is 5.92. The normalized spacial score (nSPS) is 15.7. The van der Waals surface area contributed by atoms with Crippen LogP contribution in [-0.4, -0.2) is 51.3 Å². The van der Waals surface area contributed by atoms with E-state index < -0.39 is 0 Å². The molecular weight excluding hydrogens is 467 g/mol. The molecule has 0 radical (unpaired) electrons. The smallest absolute Gasteiger partial charge is 0.191 e. The quantitative estimate of drug-likeness (QED) is 0.366. The summed E-state index contributed by atoms with van der Waals surface area (Å²) in [4.78, 5) is 6.46. The number of para-hydroxylation sites is 2. The van der Waals surface area contributed by atoms with Crippen LogP contribution in [0.25, 0.3) is 0 Å². The Labute approximate surface area is 184 Å². The van der Waals surface area contributed by atoms with Crippen molar-refractivity contribution in [2.24, 2.45) is 4.99 Å². The summed E-state index contributed by atoms with van der Waals surface area (Å²) < 4.78 is 11.7. The Bertz CT molecular complexity index is 783. The zero-order chi connectivity index (χ0) is 19.1. The number of rotatable bonds is 6. The van der Waals surface area contributed by atoms with Gasteiger partial charge in [0.25, 0.3) is 0 Å². The van der Waals surface area contributed by atoms with Gasteiger partial charge in [-0.1, -0.05) is 36.4 Å². The molecule has 2 aromatic carbocycles. The molecule has 0 spiro atoms. The maximum atomic E-state index is 5.97. The number of hydrogen-bond donors (Lipinski definition) is 2. The zero-order valence-corrected chi connectivity index (χ0v) is 19.0. The van der Waals surface area contributed by atoms with E-state index >= 15 is 0 Å². The lowest BCUT2D eigenvalue weighted by Gasteiger charge is -2.27. The number of nitrogens with zero attached hydrogens (tertiary/aromatic N) is 2. The second-order valence-electron chi connectivity index (χ2n) is 6.86. The molecule has 1 aliphatic rings. The lowest BCUT2D eigenvalue weighted by Crippen LogP contribution is -2.45. The third kappa shape index (κ3) is 6.56. The van der Waals surface area contributed by atoms with Crippen LogP contribution in [0.3, 0.4) is 0 Å². The number of aliphatic imine (C=N–C) groups is 1. The molecule has 0 aliphatic carbocycles. The SMILES string of the molecule is CN=C(NCc1cccc(CN(C)C)c1)NCC1COc2ccccc2O1.I. The molecule has 0 saturated carbocycles. The molecule has 0 saturated heterocycles. The highest BCUT2D eigenvalue weighted by atomic mass is 127. The van der Waals surface area contributed by atoms with Gasteiger partial charge in [0.05, 0.1) is 6.54 Å². The predicted octanol–water partition coefficient (Wildman–Crippen LogP) is 2.87. The maximum Gasteiger partial charge on any atom is 0.191 e. The molecule has 2 aromatic rings. The molecule has 1 aliphatic heterocycles. The van der Waals surface area contributed by atoms with E-state index in [1.807, 2.05) is 24.3 Å². The second kappa shape index (κ2) is 11.1. The third-order valence-corrected chi connectivity index (χ3v) is 4.24. The van der Waals surface area contributed by atoms with E-state index in [0.29, 0.717) is 19.7 Å². The van der Waals surface area contributed by atoms with Crippen LogP contribution in [0.5, 0.6) is 11.5 Å². The van der Waals surface area contributed by atoms with Crippen LogP contribution in [0, 0.1) is 0 Å². The van der Waals surface area contributed by atoms with Crippen LogP contribution in [0.2, 0.25) is 0 Å². The van der Waals surface area contributed by atoms with Crippen LogP contribution in [0.1, 0.15) is 11.1 Å². The van der Waals surface area contributed by atoms with E-state index in [-0.39, 0.29) is 30.1 Å². The van der Waals surface area contributed by atoms with E-state index in [4.69, 9.17) is 9.47 Å².